The van der Waals surface area contributed by atoms with Crippen LogP contribution < -0.4 is 0 Å². The smallest absolute Gasteiger partial charge is 0.243 e. The molecule has 2 fully saturated rings. The molecule has 7 heteroatoms. The van der Waals surface area contributed by atoms with E-state index in [0.29, 0.717) is 23.9 Å². The first-order valence-corrected chi connectivity index (χ1v) is 9.52. The van der Waals surface area contributed by atoms with Gasteiger partial charge in [0.05, 0.1) is 16.6 Å². The highest BCUT2D eigenvalue weighted by atomic mass is 32.2. The molecule has 2 aliphatic rings. The molecule has 1 saturated carbocycles. The summed E-state index contributed by atoms with van der Waals surface area (Å²) in [4.78, 5) is 0.366. The summed E-state index contributed by atoms with van der Waals surface area (Å²) >= 11 is 0. The molecule has 1 aromatic heterocycles. The van der Waals surface area contributed by atoms with Crippen molar-refractivity contribution in [3.8, 4) is 0 Å². The third-order valence-electron chi connectivity index (χ3n) is 4.70. The van der Waals surface area contributed by atoms with E-state index < -0.39 is 10.0 Å². The predicted molar refractivity (Wildman–Crippen MR) is 85.6 cm³/mol. The Morgan fingerprint density at radius 1 is 1.17 bits per heavy atom. The van der Waals surface area contributed by atoms with E-state index in [0.717, 1.165) is 17.7 Å². The second-order valence-corrected chi connectivity index (χ2v) is 8.31. The average molecular weight is 332 g/mol. The van der Waals surface area contributed by atoms with Gasteiger partial charge in [-0.2, -0.15) is 4.31 Å². The highest BCUT2D eigenvalue weighted by molar-refractivity contribution is 7.89. The maximum Gasteiger partial charge on any atom is 0.243 e. The Hall–Kier alpha value is -1.73. The Morgan fingerprint density at radius 2 is 1.87 bits per heavy atom. The number of nitrogens with zero attached hydrogens (tertiary/aromatic N) is 4. The van der Waals surface area contributed by atoms with Gasteiger partial charge >= 0.3 is 0 Å². The summed E-state index contributed by atoms with van der Waals surface area (Å²) in [5.41, 5.74) is 2.18. The van der Waals surface area contributed by atoms with E-state index in [4.69, 9.17) is 0 Å². The molecular formula is C16H20N4O2S. The lowest BCUT2D eigenvalue weighted by molar-refractivity contribution is 0.189. The molecule has 1 aliphatic heterocycles. The van der Waals surface area contributed by atoms with Gasteiger partial charge in [0.15, 0.2) is 0 Å². The standard InChI is InChI=1S/C16H20N4O2S/c1-2-12-3-7-15(8-4-12)23(21,22)19-9-14(10-19)20-11-16(17-18-20)13-5-6-13/h3-4,7-8,11,13-14H,2,5-6,9-10H2,1H3. The van der Waals surface area contributed by atoms with Crippen LogP contribution in [0.1, 0.15) is 43.0 Å². The molecule has 0 bridgehead atoms. The van der Waals surface area contributed by atoms with Crippen molar-refractivity contribution in [2.24, 2.45) is 0 Å². The summed E-state index contributed by atoms with van der Waals surface area (Å²) in [6.07, 6.45) is 5.26. The third-order valence-corrected chi connectivity index (χ3v) is 6.54. The molecule has 0 unspecified atom stereocenters. The molecule has 0 spiro atoms. The highest BCUT2D eigenvalue weighted by Crippen LogP contribution is 2.39. The van der Waals surface area contributed by atoms with Crippen molar-refractivity contribution in [2.45, 2.75) is 43.0 Å². The highest BCUT2D eigenvalue weighted by Gasteiger charge is 2.39. The van der Waals surface area contributed by atoms with Crippen LogP contribution in [0.15, 0.2) is 35.4 Å². The van der Waals surface area contributed by atoms with Gasteiger partial charge in [0.1, 0.15) is 0 Å². The lowest BCUT2D eigenvalue weighted by atomic mass is 10.2. The zero-order valence-electron chi connectivity index (χ0n) is 13.1. The van der Waals surface area contributed by atoms with Gasteiger partial charge in [0, 0.05) is 25.2 Å². The molecule has 2 heterocycles. The van der Waals surface area contributed by atoms with E-state index in [-0.39, 0.29) is 6.04 Å². The molecule has 122 valence electrons. The second kappa shape index (κ2) is 5.42. The maximum absolute atomic E-state index is 12.6. The number of sulfonamides is 1. The van der Waals surface area contributed by atoms with Crippen LogP contribution >= 0.6 is 0 Å². The van der Waals surface area contributed by atoms with Crippen LogP contribution in [0.4, 0.5) is 0 Å². The predicted octanol–water partition coefficient (Wildman–Crippen LogP) is 1.96. The number of aryl methyl sites for hydroxylation is 1. The monoisotopic (exact) mass is 332 g/mol. The number of hydrogen-bond acceptors (Lipinski definition) is 4. The summed E-state index contributed by atoms with van der Waals surface area (Å²) in [5, 5.41) is 8.35. The number of rotatable bonds is 5. The van der Waals surface area contributed by atoms with E-state index in [9.17, 15) is 8.42 Å². The van der Waals surface area contributed by atoms with Crippen molar-refractivity contribution < 1.29 is 8.42 Å². The lowest BCUT2D eigenvalue weighted by Gasteiger charge is -2.37. The van der Waals surface area contributed by atoms with Crippen LogP contribution in [-0.2, 0) is 16.4 Å². The van der Waals surface area contributed by atoms with Crippen molar-refractivity contribution >= 4 is 10.0 Å². The van der Waals surface area contributed by atoms with Gasteiger partial charge in [-0.15, -0.1) is 5.10 Å². The Balaban J connectivity index is 1.44. The molecule has 4 rings (SSSR count). The summed E-state index contributed by atoms with van der Waals surface area (Å²) < 4.78 is 28.5. The van der Waals surface area contributed by atoms with Crippen molar-refractivity contribution in [3.63, 3.8) is 0 Å². The summed E-state index contributed by atoms with van der Waals surface area (Å²) in [6, 6.07) is 7.25. The number of hydrogen-bond donors (Lipinski definition) is 0. The van der Waals surface area contributed by atoms with Crippen molar-refractivity contribution in [2.75, 3.05) is 13.1 Å². The fourth-order valence-corrected chi connectivity index (χ4v) is 4.38. The van der Waals surface area contributed by atoms with E-state index >= 15 is 0 Å². The van der Waals surface area contributed by atoms with E-state index in [1.165, 1.54) is 17.1 Å². The molecule has 0 N–H and O–H groups in total. The van der Waals surface area contributed by atoms with E-state index in [2.05, 4.69) is 17.2 Å². The maximum atomic E-state index is 12.6. The molecule has 2 aromatic rings. The average Bonchev–Trinajstić information content (AvgIpc) is 3.25. The first kappa shape index (κ1) is 14.8. The molecule has 1 saturated heterocycles. The normalized spacial score (nSPS) is 19.7. The quantitative estimate of drug-likeness (QED) is 0.839. The van der Waals surface area contributed by atoms with Crippen LogP contribution in [0.25, 0.3) is 0 Å². The van der Waals surface area contributed by atoms with Crippen molar-refractivity contribution in [1.82, 2.24) is 19.3 Å². The Morgan fingerprint density at radius 3 is 2.48 bits per heavy atom. The molecule has 23 heavy (non-hydrogen) atoms. The van der Waals surface area contributed by atoms with Gasteiger partial charge in [0.25, 0.3) is 0 Å². The molecule has 0 atom stereocenters. The van der Waals surface area contributed by atoms with Crippen LogP contribution in [0.2, 0.25) is 0 Å². The minimum atomic E-state index is -3.39. The first-order valence-electron chi connectivity index (χ1n) is 8.08. The van der Waals surface area contributed by atoms with Crippen LogP contribution in [-0.4, -0.2) is 40.8 Å². The summed E-state index contributed by atoms with van der Waals surface area (Å²) in [5.74, 6) is 0.570. The van der Waals surface area contributed by atoms with Crippen molar-refractivity contribution in [3.05, 3.63) is 41.7 Å². The van der Waals surface area contributed by atoms with Gasteiger partial charge in [-0.25, -0.2) is 13.1 Å². The van der Waals surface area contributed by atoms with Gasteiger partial charge in [0.2, 0.25) is 10.0 Å². The Bertz CT molecular complexity index is 803. The van der Waals surface area contributed by atoms with Gasteiger partial charge in [-0.1, -0.05) is 24.3 Å². The molecular weight excluding hydrogens is 312 g/mol. The minimum absolute atomic E-state index is 0.0969. The summed E-state index contributed by atoms with van der Waals surface area (Å²) in [6.45, 7) is 2.98. The largest absolute Gasteiger partial charge is 0.247 e. The molecule has 6 nitrogen and oxygen atoms in total. The Labute approximate surface area is 136 Å². The zero-order chi connectivity index (χ0) is 16.0. The third kappa shape index (κ3) is 2.68. The molecule has 1 aromatic carbocycles. The van der Waals surface area contributed by atoms with Crippen LogP contribution in [0.3, 0.4) is 0 Å². The molecule has 1 aliphatic carbocycles. The summed E-state index contributed by atoms with van der Waals surface area (Å²) in [7, 11) is -3.39. The van der Waals surface area contributed by atoms with Gasteiger partial charge in [-0.05, 0) is 37.0 Å². The Kier molecular flexibility index (Phi) is 3.50. The topological polar surface area (TPSA) is 68.1 Å². The first-order chi connectivity index (χ1) is 11.1. The second-order valence-electron chi connectivity index (χ2n) is 6.37. The van der Waals surface area contributed by atoms with E-state index in [1.54, 1.807) is 12.1 Å². The van der Waals surface area contributed by atoms with Crippen molar-refractivity contribution in [1.29, 1.82) is 0 Å². The zero-order valence-corrected chi connectivity index (χ0v) is 13.9. The number of aromatic nitrogens is 3. The SMILES string of the molecule is CCc1ccc(S(=O)(=O)N2CC(n3cc(C4CC4)nn3)C2)cc1. The van der Waals surface area contributed by atoms with Gasteiger partial charge < -0.3 is 0 Å². The van der Waals surface area contributed by atoms with Crippen LogP contribution in [0.5, 0.6) is 0 Å². The molecule has 0 radical (unpaired) electrons. The van der Waals surface area contributed by atoms with E-state index in [1.807, 2.05) is 23.0 Å². The van der Waals surface area contributed by atoms with Crippen LogP contribution in [0, 0.1) is 0 Å². The van der Waals surface area contributed by atoms with Gasteiger partial charge in [-0.3, -0.25) is 0 Å². The fourth-order valence-electron chi connectivity index (χ4n) is 2.86. The number of benzene rings is 1. The molecule has 0 amide bonds. The fraction of sp³-hybridized carbons (Fsp3) is 0.500. The lowest BCUT2D eigenvalue weighted by Crippen LogP contribution is -2.50. The minimum Gasteiger partial charge on any atom is -0.247 e.